The molecule has 1 heterocycles. The van der Waals surface area contributed by atoms with Crippen LogP contribution in [0.15, 0.2) is 48.7 Å². The van der Waals surface area contributed by atoms with Crippen molar-refractivity contribution in [2.45, 2.75) is 6.92 Å². The molecule has 1 aromatic heterocycles. The molecule has 0 saturated heterocycles. The normalized spacial score (nSPS) is 10.0. The molecule has 3 aromatic rings. The lowest BCUT2D eigenvalue weighted by Gasteiger charge is -2.13. The molecule has 1 amide bonds. The maximum Gasteiger partial charge on any atom is 0.259 e. The highest BCUT2D eigenvalue weighted by Gasteiger charge is 2.16. The molecule has 0 aliphatic heterocycles. The fraction of sp³-hybridized carbons (Fsp3) is 0.227. The first kappa shape index (κ1) is 26.6. The van der Waals surface area contributed by atoms with Crippen LogP contribution in [0.5, 0.6) is 5.75 Å². The van der Waals surface area contributed by atoms with E-state index in [1.54, 1.807) is 41.9 Å². The lowest BCUT2D eigenvalue weighted by Crippen LogP contribution is -2.19. The molecule has 0 fully saturated rings. The minimum absolute atomic E-state index is 0. The molecule has 10 heteroatoms. The number of amides is 1. The monoisotopic (exact) mass is 461 g/mol. The van der Waals surface area contributed by atoms with Crippen molar-refractivity contribution in [1.29, 1.82) is 5.26 Å². The summed E-state index contributed by atoms with van der Waals surface area (Å²) in [6.07, 6.45) is 1.46. The maximum absolute atomic E-state index is 13.1. The smallest absolute Gasteiger partial charge is 0.259 e. The Bertz CT molecular complexity index is 1090. The Kier molecular flexibility index (Phi) is 9.81. The highest BCUT2D eigenvalue weighted by molar-refractivity contribution is 6.05. The van der Waals surface area contributed by atoms with E-state index in [2.05, 4.69) is 16.5 Å². The fourth-order valence-corrected chi connectivity index (χ4v) is 2.83. The lowest BCUT2D eigenvalue weighted by atomic mass is 10.1. The van der Waals surface area contributed by atoms with Gasteiger partial charge in [0.25, 0.3) is 5.91 Å². The minimum atomic E-state index is -0.356. The number of halogens is 2. The number of rotatable bonds is 7. The third-order valence-corrected chi connectivity index (χ3v) is 4.48. The van der Waals surface area contributed by atoms with Gasteiger partial charge < -0.3 is 20.4 Å². The second-order valence-electron chi connectivity index (χ2n) is 6.96. The predicted octanol–water partition coefficient (Wildman–Crippen LogP) is 2.98. The number of nitriles is 1. The van der Waals surface area contributed by atoms with Crippen molar-refractivity contribution >= 4 is 24.0 Å². The van der Waals surface area contributed by atoms with Crippen LogP contribution in [0, 0.1) is 24.1 Å². The molecule has 0 unspecified atom stereocenters. The van der Waals surface area contributed by atoms with Crippen LogP contribution in [-0.4, -0.2) is 53.3 Å². The second kappa shape index (κ2) is 11.8. The number of carbonyl (C=O) groups excluding carboxylic acids is 1. The zero-order valence-corrected chi connectivity index (χ0v) is 18.7. The Morgan fingerprint density at radius 2 is 1.94 bits per heavy atom. The zero-order chi connectivity index (χ0) is 21.7. The van der Waals surface area contributed by atoms with E-state index in [9.17, 15) is 14.4 Å². The van der Waals surface area contributed by atoms with Crippen LogP contribution in [0.25, 0.3) is 5.69 Å². The number of benzene rings is 2. The van der Waals surface area contributed by atoms with Gasteiger partial charge in [0.15, 0.2) is 0 Å². The van der Waals surface area contributed by atoms with Gasteiger partial charge in [0.05, 0.1) is 28.7 Å². The average Bonchev–Trinajstić information content (AvgIpc) is 3.10. The van der Waals surface area contributed by atoms with Crippen LogP contribution in [0.4, 0.5) is 10.1 Å². The zero-order valence-electron chi connectivity index (χ0n) is 17.9. The number of anilines is 1. The number of hydrogen-bond donors (Lipinski definition) is 1. The van der Waals surface area contributed by atoms with Crippen molar-refractivity contribution in [1.82, 2.24) is 14.7 Å². The summed E-state index contributed by atoms with van der Waals surface area (Å²) >= 11 is 0. The van der Waals surface area contributed by atoms with E-state index in [0.29, 0.717) is 40.6 Å². The molecule has 0 aliphatic rings. The van der Waals surface area contributed by atoms with E-state index < -0.39 is 0 Å². The first-order chi connectivity index (χ1) is 14.4. The van der Waals surface area contributed by atoms with Crippen molar-refractivity contribution in [2.24, 2.45) is 0 Å². The number of aromatic nitrogens is 2. The van der Waals surface area contributed by atoms with E-state index in [1.165, 1.54) is 18.3 Å². The van der Waals surface area contributed by atoms with Gasteiger partial charge in [-0.05, 0) is 63.5 Å². The molecule has 8 nitrogen and oxygen atoms in total. The Morgan fingerprint density at radius 1 is 1.25 bits per heavy atom. The SMILES string of the molecule is Cc1c(C(=O)Nc2ccc(OCCN(C)C)c(C#N)c2)cnn1-c1ccc(F)cc1.Cl.O. The summed E-state index contributed by atoms with van der Waals surface area (Å²) in [4.78, 5) is 14.7. The van der Waals surface area contributed by atoms with Crippen molar-refractivity contribution in [2.75, 3.05) is 32.6 Å². The molecule has 0 radical (unpaired) electrons. The lowest BCUT2D eigenvalue weighted by molar-refractivity contribution is 0.102. The van der Waals surface area contributed by atoms with Gasteiger partial charge in [0.1, 0.15) is 24.2 Å². The first-order valence-corrected chi connectivity index (χ1v) is 9.32. The predicted molar refractivity (Wildman–Crippen MR) is 122 cm³/mol. The van der Waals surface area contributed by atoms with Crippen LogP contribution in [0.3, 0.4) is 0 Å². The standard InChI is InChI=1S/C22H22FN5O2.ClH.H2O/c1-15-20(14-25-28(15)19-7-4-17(23)5-8-19)22(29)26-18-6-9-21(16(12-18)13-24)30-11-10-27(2)3;;/h4-9,12,14H,10-11H2,1-3H3,(H,26,29);1H;1H2. The highest BCUT2D eigenvalue weighted by Crippen LogP contribution is 2.23. The van der Waals surface area contributed by atoms with Crippen LogP contribution in [-0.2, 0) is 0 Å². The van der Waals surface area contributed by atoms with Crippen LogP contribution in [0.2, 0.25) is 0 Å². The summed E-state index contributed by atoms with van der Waals surface area (Å²) in [5.74, 6) is -0.229. The third kappa shape index (κ3) is 6.28. The summed E-state index contributed by atoms with van der Waals surface area (Å²) in [6, 6.07) is 12.9. The maximum atomic E-state index is 13.1. The molecular formula is C22H25ClFN5O3. The third-order valence-electron chi connectivity index (χ3n) is 4.48. The number of nitrogens with one attached hydrogen (secondary N) is 1. The van der Waals surface area contributed by atoms with Gasteiger partial charge in [-0.15, -0.1) is 12.4 Å². The largest absolute Gasteiger partial charge is 0.491 e. The van der Waals surface area contributed by atoms with Crippen molar-refractivity contribution in [3.8, 4) is 17.5 Å². The quantitative estimate of drug-likeness (QED) is 0.580. The molecule has 170 valence electrons. The molecule has 0 aliphatic carbocycles. The van der Waals surface area contributed by atoms with Gasteiger partial charge in [0.2, 0.25) is 0 Å². The second-order valence-corrected chi connectivity index (χ2v) is 6.96. The topological polar surface area (TPSA) is 115 Å². The minimum Gasteiger partial charge on any atom is -0.491 e. The van der Waals surface area contributed by atoms with E-state index in [4.69, 9.17) is 4.74 Å². The highest BCUT2D eigenvalue weighted by atomic mass is 35.5. The Hall–Kier alpha value is -3.45. The van der Waals surface area contributed by atoms with Gasteiger partial charge in [0, 0.05) is 12.2 Å². The first-order valence-electron chi connectivity index (χ1n) is 9.32. The Labute approximate surface area is 191 Å². The Morgan fingerprint density at radius 3 is 2.56 bits per heavy atom. The van der Waals surface area contributed by atoms with Crippen molar-refractivity contribution in [3.63, 3.8) is 0 Å². The number of hydrogen-bond acceptors (Lipinski definition) is 5. The molecule has 3 N–H and O–H groups in total. The van der Waals surface area contributed by atoms with E-state index in [-0.39, 0.29) is 29.6 Å². The molecule has 2 aromatic carbocycles. The van der Waals surface area contributed by atoms with Gasteiger partial charge in [-0.1, -0.05) is 0 Å². The molecular weight excluding hydrogens is 437 g/mol. The van der Waals surface area contributed by atoms with Crippen molar-refractivity contribution in [3.05, 3.63) is 71.3 Å². The number of ether oxygens (including phenoxy) is 1. The van der Waals surface area contributed by atoms with Gasteiger partial charge >= 0.3 is 0 Å². The van der Waals surface area contributed by atoms with Crippen LogP contribution < -0.4 is 10.1 Å². The number of carbonyl (C=O) groups is 1. The number of nitrogens with zero attached hydrogens (tertiary/aromatic N) is 4. The summed E-state index contributed by atoms with van der Waals surface area (Å²) in [5, 5.41) is 16.4. The van der Waals surface area contributed by atoms with Crippen molar-refractivity contribution < 1.29 is 19.4 Å². The fourth-order valence-electron chi connectivity index (χ4n) is 2.83. The van der Waals surface area contributed by atoms with Gasteiger partial charge in [-0.25, -0.2) is 9.07 Å². The molecule has 3 rings (SSSR count). The van der Waals surface area contributed by atoms with E-state index in [0.717, 1.165) is 6.54 Å². The van der Waals surface area contributed by atoms with E-state index in [1.807, 2.05) is 19.0 Å². The molecule has 0 atom stereocenters. The molecule has 0 spiro atoms. The summed E-state index contributed by atoms with van der Waals surface area (Å²) in [5.41, 5.74) is 2.46. The van der Waals surface area contributed by atoms with E-state index >= 15 is 0 Å². The van der Waals surface area contributed by atoms with Gasteiger partial charge in [-0.3, -0.25) is 4.79 Å². The van der Waals surface area contributed by atoms with Gasteiger partial charge in [-0.2, -0.15) is 10.4 Å². The number of likely N-dealkylation sites (N-methyl/N-ethyl adjacent to an activating group) is 1. The average molecular weight is 462 g/mol. The Balaban J connectivity index is 0.00000256. The van der Waals surface area contributed by atoms with Crippen LogP contribution in [0.1, 0.15) is 21.6 Å². The molecule has 0 bridgehead atoms. The molecule has 0 saturated carbocycles. The molecule has 32 heavy (non-hydrogen) atoms. The summed E-state index contributed by atoms with van der Waals surface area (Å²) < 4.78 is 20.4. The summed E-state index contributed by atoms with van der Waals surface area (Å²) in [7, 11) is 3.88. The summed E-state index contributed by atoms with van der Waals surface area (Å²) in [6.45, 7) is 2.93. The van der Waals surface area contributed by atoms with Crippen LogP contribution >= 0.6 is 12.4 Å².